The van der Waals surface area contributed by atoms with Crippen molar-refractivity contribution in [1.29, 1.82) is 0 Å². The molecule has 2 amide bonds. The van der Waals surface area contributed by atoms with Gasteiger partial charge in [0.2, 0.25) is 11.8 Å². The number of aryl methyl sites for hydroxylation is 1. The molecule has 2 aromatic carbocycles. The van der Waals surface area contributed by atoms with Crippen molar-refractivity contribution in [2.24, 2.45) is 5.92 Å². The van der Waals surface area contributed by atoms with Crippen molar-refractivity contribution in [3.63, 3.8) is 0 Å². The zero-order valence-corrected chi connectivity index (χ0v) is 19.3. The van der Waals surface area contributed by atoms with Gasteiger partial charge in [-0.2, -0.15) is 0 Å². The molecule has 2 aliphatic rings. The predicted molar refractivity (Wildman–Crippen MR) is 127 cm³/mol. The molecule has 5 nitrogen and oxygen atoms in total. The lowest BCUT2D eigenvalue weighted by Crippen LogP contribution is -2.51. The first-order chi connectivity index (χ1) is 15.6. The summed E-state index contributed by atoms with van der Waals surface area (Å²) < 4.78 is 0. The van der Waals surface area contributed by atoms with E-state index in [4.69, 9.17) is 11.6 Å². The molecule has 2 saturated heterocycles. The molecule has 6 heteroatoms. The van der Waals surface area contributed by atoms with Crippen LogP contribution in [0.25, 0.3) is 0 Å². The number of rotatable bonds is 6. The smallest absolute Gasteiger partial charge is 0.225 e. The first-order valence-corrected chi connectivity index (χ1v) is 12.0. The van der Waals surface area contributed by atoms with Crippen LogP contribution in [0.3, 0.4) is 0 Å². The van der Waals surface area contributed by atoms with Crippen molar-refractivity contribution in [3.8, 4) is 0 Å². The lowest BCUT2D eigenvalue weighted by Gasteiger charge is -2.38. The number of likely N-dealkylation sites (tertiary alicyclic amines) is 1. The van der Waals surface area contributed by atoms with E-state index in [1.54, 1.807) is 0 Å². The number of benzene rings is 2. The highest BCUT2D eigenvalue weighted by atomic mass is 35.5. The summed E-state index contributed by atoms with van der Waals surface area (Å²) in [6, 6.07) is 18.1. The summed E-state index contributed by atoms with van der Waals surface area (Å²) in [5, 5.41) is 0.765. The zero-order chi connectivity index (χ0) is 22.3. The first-order valence-electron chi connectivity index (χ1n) is 11.7. The van der Waals surface area contributed by atoms with Gasteiger partial charge in [-0.25, -0.2) is 0 Å². The van der Waals surface area contributed by atoms with E-state index in [2.05, 4.69) is 23.1 Å². The molecule has 4 rings (SSSR count). The van der Waals surface area contributed by atoms with Crippen molar-refractivity contribution in [2.75, 3.05) is 39.3 Å². The summed E-state index contributed by atoms with van der Waals surface area (Å²) in [7, 11) is 0. The van der Waals surface area contributed by atoms with Crippen molar-refractivity contribution in [2.45, 2.75) is 32.2 Å². The molecule has 0 unspecified atom stereocenters. The van der Waals surface area contributed by atoms with Gasteiger partial charge in [0.15, 0.2) is 0 Å². The van der Waals surface area contributed by atoms with E-state index >= 15 is 0 Å². The summed E-state index contributed by atoms with van der Waals surface area (Å²) >= 11 is 6.09. The van der Waals surface area contributed by atoms with Gasteiger partial charge in [0.05, 0.1) is 0 Å². The second-order valence-corrected chi connectivity index (χ2v) is 9.31. The number of carbonyl (C=O) groups is 2. The molecule has 0 aliphatic carbocycles. The van der Waals surface area contributed by atoms with Gasteiger partial charge in [0, 0.05) is 63.2 Å². The lowest BCUT2D eigenvalue weighted by molar-refractivity contribution is -0.142. The number of hydrogen-bond acceptors (Lipinski definition) is 3. The molecule has 170 valence electrons. The SMILES string of the molecule is O=C(CCc1ccccc1)N1CCC(C(=O)N2CCN(Cc3cccc(Cl)c3)CC2)CC1. The fourth-order valence-corrected chi connectivity index (χ4v) is 4.92. The van der Waals surface area contributed by atoms with Crippen molar-refractivity contribution in [1.82, 2.24) is 14.7 Å². The minimum absolute atomic E-state index is 0.0488. The molecule has 32 heavy (non-hydrogen) atoms. The largest absolute Gasteiger partial charge is 0.343 e. The topological polar surface area (TPSA) is 43.9 Å². The van der Waals surface area contributed by atoms with Crippen LogP contribution < -0.4 is 0 Å². The summed E-state index contributed by atoms with van der Waals surface area (Å²) in [6.45, 7) is 5.57. The Bertz CT molecular complexity index is 904. The van der Waals surface area contributed by atoms with Gasteiger partial charge in [-0.15, -0.1) is 0 Å². The van der Waals surface area contributed by atoms with Crippen LogP contribution in [0.15, 0.2) is 54.6 Å². The van der Waals surface area contributed by atoms with Crippen LogP contribution in [0.1, 0.15) is 30.4 Å². The van der Waals surface area contributed by atoms with Gasteiger partial charge < -0.3 is 9.80 Å². The molecule has 2 aliphatic heterocycles. The Hall–Kier alpha value is -2.37. The summed E-state index contributed by atoms with van der Waals surface area (Å²) in [4.78, 5) is 31.9. The monoisotopic (exact) mass is 453 g/mol. The third-order valence-electron chi connectivity index (χ3n) is 6.65. The third kappa shape index (κ3) is 6.11. The Morgan fingerprint density at radius 2 is 1.50 bits per heavy atom. The number of hydrogen-bond donors (Lipinski definition) is 0. The highest BCUT2D eigenvalue weighted by Crippen LogP contribution is 2.22. The van der Waals surface area contributed by atoms with Crippen molar-refractivity contribution in [3.05, 3.63) is 70.7 Å². The maximum atomic E-state index is 13.0. The Morgan fingerprint density at radius 1 is 0.812 bits per heavy atom. The molecule has 0 bridgehead atoms. The van der Waals surface area contributed by atoms with E-state index in [9.17, 15) is 9.59 Å². The number of carbonyl (C=O) groups excluding carboxylic acids is 2. The van der Waals surface area contributed by atoms with Gasteiger partial charge >= 0.3 is 0 Å². The number of halogens is 1. The summed E-state index contributed by atoms with van der Waals surface area (Å²) in [5.41, 5.74) is 2.40. The maximum Gasteiger partial charge on any atom is 0.225 e. The average molecular weight is 454 g/mol. The van der Waals surface area contributed by atoms with Gasteiger partial charge in [-0.1, -0.05) is 54.1 Å². The average Bonchev–Trinajstić information content (AvgIpc) is 2.83. The lowest BCUT2D eigenvalue weighted by atomic mass is 9.94. The third-order valence-corrected chi connectivity index (χ3v) is 6.88. The van der Waals surface area contributed by atoms with Crippen LogP contribution >= 0.6 is 11.6 Å². The molecule has 2 heterocycles. The Morgan fingerprint density at radius 3 is 2.19 bits per heavy atom. The minimum atomic E-state index is 0.0488. The van der Waals surface area contributed by atoms with Crippen LogP contribution in [0, 0.1) is 5.92 Å². The predicted octanol–water partition coefficient (Wildman–Crippen LogP) is 3.86. The van der Waals surface area contributed by atoms with E-state index in [1.165, 1.54) is 11.1 Å². The first kappa shape index (κ1) is 22.8. The minimum Gasteiger partial charge on any atom is -0.343 e. The van der Waals surface area contributed by atoms with Crippen LogP contribution in [0.2, 0.25) is 5.02 Å². The zero-order valence-electron chi connectivity index (χ0n) is 18.6. The van der Waals surface area contributed by atoms with Gasteiger partial charge in [-0.3, -0.25) is 14.5 Å². The molecule has 2 fully saturated rings. The summed E-state index contributed by atoms with van der Waals surface area (Å²) in [6.07, 6.45) is 2.87. The van der Waals surface area contributed by atoms with E-state index in [0.29, 0.717) is 19.5 Å². The van der Waals surface area contributed by atoms with Gasteiger partial charge in [0.1, 0.15) is 0 Å². The molecule has 0 saturated carbocycles. The molecule has 0 aromatic heterocycles. The van der Waals surface area contributed by atoms with Crippen LogP contribution in [0.4, 0.5) is 0 Å². The van der Waals surface area contributed by atoms with E-state index in [0.717, 1.165) is 57.0 Å². The summed E-state index contributed by atoms with van der Waals surface area (Å²) in [5.74, 6) is 0.519. The normalized spacial score (nSPS) is 18.0. The van der Waals surface area contributed by atoms with E-state index in [1.807, 2.05) is 46.2 Å². The highest BCUT2D eigenvalue weighted by molar-refractivity contribution is 6.30. The molecule has 0 spiro atoms. The van der Waals surface area contributed by atoms with E-state index < -0.39 is 0 Å². The second-order valence-electron chi connectivity index (χ2n) is 8.87. The molecule has 0 radical (unpaired) electrons. The standard InChI is InChI=1S/C26H32ClN3O2/c27-24-8-4-7-22(19-24)20-28-15-17-30(18-16-28)26(32)23-11-13-29(14-12-23)25(31)10-9-21-5-2-1-3-6-21/h1-8,19,23H,9-18,20H2. The Balaban J connectivity index is 1.18. The van der Waals surface area contributed by atoms with Crippen LogP contribution in [-0.4, -0.2) is 65.8 Å². The Labute approximate surface area is 195 Å². The van der Waals surface area contributed by atoms with Gasteiger partial charge in [0.25, 0.3) is 0 Å². The number of piperidine rings is 1. The van der Waals surface area contributed by atoms with Crippen LogP contribution in [-0.2, 0) is 22.6 Å². The second kappa shape index (κ2) is 11.0. The molecule has 0 N–H and O–H groups in total. The van der Waals surface area contributed by atoms with Gasteiger partial charge in [-0.05, 0) is 42.5 Å². The highest BCUT2D eigenvalue weighted by Gasteiger charge is 2.31. The fraction of sp³-hybridized carbons (Fsp3) is 0.462. The van der Waals surface area contributed by atoms with Crippen molar-refractivity contribution >= 4 is 23.4 Å². The fourth-order valence-electron chi connectivity index (χ4n) is 4.71. The van der Waals surface area contributed by atoms with Crippen LogP contribution in [0.5, 0.6) is 0 Å². The number of nitrogens with zero attached hydrogens (tertiary/aromatic N) is 3. The Kier molecular flexibility index (Phi) is 7.82. The number of amides is 2. The maximum absolute atomic E-state index is 13.0. The van der Waals surface area contributed by atoms with Crippen molar-refractivity contribution < 1.29 is 9.59 Å². The number of piperazine rings is 1. The molecule has 2 aromatic rings. The quantitative estimate of drug-likeness (QED) is 0.667. The molecular formula is C26H32ClN3O2. The molecular weight excluding hydrogens is 422 g/mol. The molecule has 0 atom stereocenters. The van der Waals surface area contributed by atoms with E-state index in [-0.39, 0.29) is 17.7 Å².